The number of hydrogen-bond acceptors (Lipinski definition) is 4. The third kappa shape index (κ3) is 7.95. The van der Waals surface area contributed by atoms with Crippen LogP contribution in [0.25, 0.3) is 0 Å². The maximum atomic E-state index is 11.4. The highest BCUT2D eigenvalue weighted by molar-refractivity contribution is 14.0. The Labute approximate surface area is 206 Å². The molecule has 2 aromatic carbocycles. The van der Waals surface area contributed by atoms with E-state index < -0.39 is 10.0 Å². The van der Waals surface area contributed by atoms with Gasteiger partial charge in [0.15, 0.2) is 5.96 Å². The Hall–Kier alpha value is -2.37. The Balaban J connectivity index is 0.00000363. The molecule has 7 nitrogen and oxygen atoms in total. The first-order chi connectivity index (χ1) is 15.0. The number of aliphatic imine (C=N–C) groups is 1. The molecule has 0 aliphatic rings. The summed E-state index contributed by atoms with van der Waals surface area (Å²) in [6.07, 6.45) is 3.37. The van der Waals surface area contributed by atoms with Gasteiger partial charge in [0.25, 0.3) is 0 Å². The van der Waals surface area contributed by atoms with Crippen molar-refractivity contribution < 1.29 is 12.8 Å². The number of nitrogens with zero attached hydrogens (tertiary/aromatic N) is 1. The van der Waals surface area contributed by atoms with Crippen molar-refractivity contribution in [2.24, 2.45) is 10.1 Å². The molecule has 0 aliphatic heterocycles. The van der Waals surface area contributed by atoms with E-state index in [1.165, 1.54) is 23.3 Å². The van der Waals surface area contributed by atoms with Gasteiger partial charge in [0, 0.05) is 19.5 Å². The van der Waals surface area contributed by atoms with Crippen LogP contribution in [0, 0.1) is 0 Å². The van der Waals surface area contributed by atoms with Crippen molar-refractivity contribution in [3.63, 3.8) is 0 Å². The molecule has 0 saturated heterocycles. The van der Waals surface area contributed by atoms with Crippen LogP contribution in [0.15, 0.2) is 81.2 Å². The van der Waals surface area contributed by atoms with Crippen LogP contribution in [-0.4, -0.2) is 20.9 Å². The van der Waals surface area contributed by atoms with Crippen molar-refractivity contribution in [1.82, 2.24) is 10.6 Å². The van der Waals surface area contributed by atoms with Gasteiger partial charge in [-0.15, -0.1) is 24.0 Å². The monoisotopic (exact) mass is 568 g/mol. The number of nitrogens with two attached hydrogens (primary N) is 1. The Morgan fingerprint density at radius 3 is 2.34 bits per heavy atom. The summed E-state index contributed by atoms with van der Waals surface area (Å²) in [6.45, 7) is 3.86. The molecule has 0 atom stereocenters. The summed E-state index contributed by atoms with van der Waals surface area (Å²) in [5.41, 5.74) is 3.40. The Morgan fingerprint density at radius 2 is 1.72 bits per heavy atom. The molecule has 0 spiro atoms. The number of primary sulfonamides is 1. The van der Waals surface area contributed by atoms with Crippen molar-refractivity contribution in [2.45, 2.75) is 37.8 Å². The molecule has 0 bridgehead atoms. The first kappa shape index (κ1) is 25.9. The van der Waals surface area contributed by atoms with Crippen molar-refractivity contribution in [2.75, 3.05) is 6.54 Å². The molecule has 0 amide bonds. The minimum Gasteiger partial charge on any atom is -0.469 e. The van der Waals surface area contributed by atoms with E-state index >= 15 is 0 Å². The normalized spacial score (nSPS) is 11.6. The molecular formula is C23H29IN4O3S. The number of benzene rings is 2. The van der Waals surface area contributed by atoms with Gasteiger partial charge in [-0.1, -0.05) is 43.3 Å². The lowest BCUT2D eigenvalue weighted by atomic mass is 10.1. The van der Waals surface area contributed by atoms with Gasteiger partial charge in [0.1, 0.15) is 5.76 Å². The predicted octanol–water partition coefficient (Wildman–Crippen LogP) is 3.59. The van der Waals surface area contributed by atoms with Crippen LogP contribution < -0.4 is 15.8 Å². The maximum Gasteiger partial charge on any atom is 0.238 e. The fourth-order valence-electron chi connectivity index (χ4n) is 3.14. The Kier molecular flexibility index (Phi) is 10.2. The molecule has 0 radical (unpaired) electrons. The average Bonchev–Trinajstić information content (AvgIpc) is 3.28. The number of halogens is 1. The Morgan fingerprint density at radius 1 is 1.00 bits per heavy atom. The van der Waals surface area contributed by atoms with E-state index in [4.69, 9.17) is 9.56 Å². The number of hydrogen-bond donors (Lipinski definition) is 3. The lowest BCUT2D eigenvalue weighted by Crippen LogP contribution is -2.38. The summed E-state index contributed by atoms with van der Waals surface area (Å²) in [5, 5.41) is 11.9. The van der Waals surface area contributed by atoms with Crippen LogP contribution in [0.4, 0.5) is 0 Å². The molecule has 32 heavy (non-hydrogen) atoms. The summed E-state index contributed by atoms with van der Waals surface area (Å²) >= 11 is 0. The van der Waals surface area contributed by atoms with Gasteiger partial charge in [-0.3, -0.25) is 0 Å². The molecule has 172 valence electrons. The molecule has 3 rings (SSSR count). The highest BCUT2D eigenvalue weighted by atomic mass is 127. The van der Waals surface area contributed by atoms with Crippen LogP contribution in [0.1, 0.15) is 29.4 Å². The van der Waals surface area contributed by atoms with Gasteiger partial charge < -0.3 is 15.1 Å². The summed E-state index contributed by atoms with van der Waals surface area (Å²) in [4.78, 5) is 4.75. The largest absolute Gasteiger partial charge is 0.469 e. The average molecular weight is 568 g/mol. The third-order valence-corrected chi connectivity index (χ3v) is 5.79. The summed E-state index contributed by atoms with van der Waals surface area (Å²) in [5.74, 6) is 1.58. The minimum atomic E-state index is -3.70. The molecule has 0 fully saturated rings. The van der Waals surface area contributed by atoms with Crippen molar-refractivity contribution in [3.05, 3.63) is 89.4 Å². The highest BCUT2D eigenvalue weighted by Crippen LogP contribution is 2.11. The topological polar surface area (TPSA) is 110 Å². The fraction of sp³-hybridized carbons (Fsp3) is 0.261. The van der Waals surface area contributed by atoms with Gasteiger partial charge in [0.2, 0.25) is 10.0 Å². The first-order valence-electron chi connectivity index (χ1n) is 10.2. The first-order valence-corrected chi connectivity index (χ1v) is 11.7. The van der Waals surface area contributed by atoms with E-state index in [1.54, 1.807) is 18.4 Å². The number of sulfonamides is 1. The van der Waals surface area contributed by atoms with Gasteiger partial charge >= 0.3 is 0 Å². The zero-order chi connectivity index (χ0) is 22.1. The van der Waals surface area contributed by atoms with Crippen LogP contribution in [-0.2, 0) is 36.0 Å². The SMILES string of the molecule is CCc1ccccc1CNC(=NCc1ccc(S(N)(=O)=O)cc1)NCCc1ccco1.I. The Bertz CT molecular complexity index is 1100. The van der Waals surface area contributed by atoms with E-state index in [-0.39, 0.29) is 28.9 Å². The predicted molar refractivity (Wildman–Crippen MR) is 137 cm³/mol. The second kappa shape index (κ2) is 12.6. The van der Waals surface area contributed by atoms with Gasteiger partial charge in [-0.05, 0) is 47.4 Å². The second-order valence-electron chi connectivity index (χ2n) is 7.09. The molecule has 3 aromatic rings. The van der Waals surface area contributed by atoms with Crippen molar-refractivity contribution >= 4 is 40.0 Å². The quantitative estimate of drug-likeness (QED) is 0.208. The lowest BCUT2D eigenvalue weighted by Gasteiger charge is -2.14. The fourth-order valence-corrected chi connectivity index (χ4v) is 3.66. The molecule has 9 heteroatoms. The van der Waals surface area contributed by atoms with Crippen LogP contribution in [0.3, 0.4) is 0 Å². The molecule has 0 unspecified atom stereocenters. The molecule has 0 saturated carbocycles. The van der Waals surface area contributed by atoms with Gasteiger partial charge in [-0.25, -0.2) is 18.5 Å². The van der Waals surface area contributed by atoms with Crippen LogP contribution in [0.2, 0.25) is 0 Å². The number of rotatable bonds is 9. The van der Waals surface area contributed by atoms with Crippen molar-refractivity contribution in [1.29, 1.82) is 0 Å². The maximum absolute atomic E-state index is 11.4. The number of furan rings is 1. The summed E-state index contributed by atoms with van der Waals surface area (Å²) in [6, 6.07) is 18.6. The smallest absolute Gasteiger partial charge is 0.238 e. The van der Waals surface area contributed by atoms with E-state index in [1.807, 2.05) is 24.3 Å². The standard InChI is InChI=1S/C23H28N4O3S.HI/c1-2-19-6-3-4-7-20(19)17-27-23(25-14-13-21-8-5-15-30-21)26-16-18-9-11-22(12-10-18)31(24,28)29;/h3-12,15H,2,13-14,16-17H2,1H3,(H2,24,28,29)(H2,25,26,27);1H. The second-order valence-corrected chi connectivity index (χ2v) is 8.65. The zero-order valence-electron chi connectivity index (χ0n) is 18.0. The van der Waals surface area contributed by atoms with Gasteiger partial charge in [-0.2, -0.15) is 0 Å². The summed E-state index contributed by atoms with van der Waals surface area (Å²) in [7, 11) is -3.70. The number of guanidine groups is 1. The molecule has 4 N–H and O–H groups in total. The zero-order valence-corrected chi connectivity index (χ0v) is 21.1. The van der Waals surface area contributed by atoms with Crippen LogP contribution >= 0.6 is 24.0 Å². The van der Waals surface area contributed by atoms with Gasteiger partial charge in [0.05, 0.1) is 17.7 Å². The number of nitrogens with one attached hydrogen (secondary N) is 2. The summed E-state index contributed by atoms with van der Waals surface area (Å²) < 4.78 is 28.2. The molecule has 1 aromatic heterocycles. The highest BCUT2D eigenvalue weighted by Gasteiger charge is 2.07. The lowest BCUT2D eigenvalue weighted by molar-refractivity contribution is 0.506. The third-order valence-electron chi connectivity index (χ3n) is 4.86. The van der Waals surface area contributed by atoms with E-state index in [9.17, 15) is 8.42 Å². The minimum absolute atomic E-state index is 0. The van der Waals surface area contributed by atoms with E-state index in [0.717, 1.165) is 24.2 Å². The molecular weight excluding hydrogens is 539 g/mol. The van der Waals surface area contributed by atoms with Crippen LogP contribution in [0.5, 0.6) is 0 Å². The number of aryl methyl sites for hydroxylation is 1. The van der Waals surface area contributed by atoms with Crippen molar-refractivity contribution in [3.8, 4) is 0 Å². The molecule has 0 aliphatic carbocycles. The molecule has 1 heterocycles. The van der Waals surface area contributed by atoms with E-state index in [0.29, 0.717) is 25.6 Å². The van der Waals surface area contributed by atoms with E-state index in [2.05, 4.69) is 34.7 Å².